The molecule has 1 aliphatic carbocycles. The summed E-state index contributed by atoms with van der Waals surface area (Å²) in [4.78, 5) is 7.11. The highest BCUT2D eigenvalue weighted by molar-refractivity contribution is 6.02. The zero-order valence-corrected chi connectivity index (χ0v) is 13.1. The maximum atomic E-state index is 6.02. The van der Waals surface area contributed by atoms with E-state index in [0.717, 1.165) is 18.5 Å². The van der Waals surface area contributed by atoms with Crippen molar-refractivity contribution < 1.29 is 0 Å². The van der Waals surface area contributed by atoms with Crippen molar-refractivity contribution in [1.82, 2.24) is 0 Å². The fourth-order valence-corrected chi connectivity index (χ4v) is 3.76. The van der Waals surface area contributed by atoms with E-state index in [2.05, 4.69) is 34.2 Å². The molecule has 0 unspecified atom stereocenters. The van der Waals surface area contributed by atoms with Crippen LogP contribution < -0.4 is 10.6 Å². The molecule has 0 saturated heterocycles. The molecule has 0 spiro atoms. The van der Waals surface area contributed by atoms with Crippen molar-refractivity contribution in [3.05, 3.63) is 41.1 Å². The van der Waals surface area contributed by atoms with E-state index >= 15 is 0 Å². The van der Waals surface area contributed by atoms with E-state index in [4.69, 9.17) is 5.73 Å². The number of hydrogen-bond donors (Lipinski definition) is 1. The van der Waals surface area contributed by atoms with E-state index in [1.54, 1.807) is 0 Å². The molecular formula is C18H25N3. The topological polar surface area (TPSA) is 41.6 Å². The van der Waals surface area contributed by atoms with Gasteiger partial charge in [-0.2, -0.15) is 0 Å². The highest BCUT2D eigenvalue weighted by atomic mass is 15.2. The first kappa shape index (κ1) is 14.2. The lowest BCUT2D eigenvalue weighted by atomic mass is 9.85. The minimum absolute atomic E-state index is 0.563. The summed E-state index contributed by atoms with van der Waals surface area (Å²) in [6, 6.07) is 9.42. The van der Waals surface area contributed by atoms with Gasteiger partial charge in [0, 0.05) is 43.2 Å². The maximum absolute atomic E-state index is 6.02. The molecule has 21 heavy (non-hydrogen) atoms. The molecule has 1 saturated carbocycles. The molecule has 0 bridgehead atoms. The summed E-state index contributed by atoms with van der Waals surface area (Å²) in [5, 5.41) is 0. The van der Waals surface area contributed by atoms with Gasteiger partial charge in [0.05, 0.1) is 0 Å². The molecule has 3 nitrogen and oxygen atoms in total. The quantitative estimate of drug-likeness (QED) is 0.859. The van der Waals surface area contributed by atoms with Gasteiger partial charge in [-0.25, -0.2) is 0 Å². The van der Waals surface area contributed by atoms with Crippen molar-refractivity contribution >= 4 is 11.4 Å². The fraction of sp³-hybridized carbons (Fsp3) is 0.500. The Morgan fingerprint density at radius 1 is 1.29 bits per heavy atom. The average molecular weight is 283 g/mol. The largest absolute Gasteiger partial charge is 0.402 e. The highest BCUT2D eigenvalue weighted by Gasteiger charge is 2.29. The Bertz CT molecular complexity index is 582. The number of anilines is 1. The van der Waals surface area contributed by atoms with Crippen LogP contribution >= 0.6 is 0 Å². The number of para-hydroxylation sites is 1. The summed E-state index contributed by atoms with van der Waals surface area (Å²) in [7, 11) is 1.89. The minimum Gasteiger partial charge on any atom is -0.402 e. The molecule has 1 fully saturated rings. The summed E-state index contributed by atoms with van der Waals surface area (Å²) in [5.41, 5.74) is 12.4. The third-order valence-electron chi connectivity index (χ3n) is 4.84. The predicted octanol–water partition coefficient (Wildman–Crippen LogP) is 3.30. The van der Waals surface area contributed by atoms with E-state index < -0.39 is 0 Å². The van der Waals surface area contributed by atoms with E-state index in [-0.39, 0.29) is 0 Å². The first-order valence-electron chi connectivity index (χ1n) is 7.96. The normalized spacial score (nSPS) is 26.7. The summed E-state index contributed by atoms with van der Waals surface area (Å²) in [6.07, 6.45) is 5.72. The molecule has 0 aromatic heterocycles. The Morgan fingerprint density at radius 2 is 2.10 bits per heavy atom. The molecule has 3 heteroatoms. The van der Waals surface area contributed by atoms with E-state index in [9.17, 15) is 0 Å². The van der Waals surface area contributed by atoms with E-state index in [0.29, 0.717) is 6.04 Å². The molecule has 3 rings (SSSR count). The Balaban J connectivity index is 1.86. The van der Waals surface area contributed by atoms with Gasteiger partial charge in [-0.3, -0.25) is 4.99 Å². The number of nitrogens with zero attached hydrogens (tertiary/aromatic N) is 2. The molecule has 2 N–H and O–H groups in total. The Kier molecular flexibility index (Phi) is 4.00. The van der Waals surface area contributed by atoms with Crippen LogP contribution in [0, 0.1) is 0 Å². The number of nitrogens with two attached hydrogens (primary N) is 1. The van der Waals surface area contributed by atoms with E-state index in [1.807, 2.05) is 14.0 Å². The first-order chi connectivity index (χ1) is 10.2. The van der Waals surface area contributed by atoms with Crippen LogP contribution in [-0.4, -0.2) is 25.3 Å². The van der Waals surface area contributed by atoms with Gasteiger partial charge in [-0.05, 0) is 49.8 Å². The monoisotopic (exact) mass is 283 g/mol. The Hall–Kier alpha value is -1.77. The van der Waals surface area contributed by atoms with Crippen LogP contribution in [-0.2, 0) is 6.42 Å². The Morgan fingerprint density at radius 3 is 2.86 bits per heavy atom. The lowest BCUT2D eigenvalue weighted by Gasteiger charge is -2.40. The van der Waals surface area contributed by atoms with Crippen LogP contribution in [0.5, 0.6) is 0 Å². The van der Waals surface area contributed by atoms with Crippen LogP contribution in [0.2, 0.25) is 0 Å². The van der Waals surface area contributed by atoms with Gasteiger partial charge in [-0.1, -0.05) is 18.2 Å². The smallest absolute Gasteiger partial charge is 0.0414 e. The summed E-state index contributed by atoms with van der Waals surface area (Å²) >= 11 is 0. The van der Waals surface area contributed by atoms with E-state index in [1.165, 1.54) is 48.3 Å². The third kappa shape index (κ3) is 2.69. The van der Waals surface area contributed by atoms with Crippen LogP contribution in [0.4, 0.5) is 5.69 Å². The van der Waals surface area contributed by atoms with Crippen molar-refractivity contribution in [1.29, 1.82) is 0 Å². The number of aryl methyl sites for hydroxylation is 1. The predicted molar refractivity (Wildman–Crippen MR) is 90.0 cm³/mol. The molecule has 1 aliphatic heterocycles. The standard InChI is InChI=1S/C18H25N3/c1-13(19)16-10-9-15(12-17(16)20-2)21-11-5-7-14-6-3-4-8-18(14)21/h3-4,6,8,15H,5,7,9-12,19H2,1-2H3/b16-13-,20-17?/t15-/m0/s1. The lowest BCUT2D eigenvalue weighted by Crippen LogP contribution is -2.43. The molecule has 1 aromatic rings. The second-order valence-corrected chi connectivity index (χ2v) is 6.15. The van der Waals surface area contributed by atoms with Gasteiger partial charge in [0.1, 0.15) is 0 Å². The van der Waals surface area contributed by atoms with Crippen LogP contribution in [0.3, 0.4) is 0 Å². The van der Waals surface area contributed by atoms with Crippen LogP contribution in [0.25, 0.3) is 0 Å². The first-order valence-corrected chi connectivity index (χ1v) is 7.96. The minimum atomic E-state index is 0.563. The molecule has 0 amide bonds. The van der Waals surface area contributed by atoms with Gasteiger partial charge >= 0.3 is 0 Å². The zero-order chi connectivity index (χ0) is 14.8. The molecule has 0 radical (unpaired) electrons. The maximum Gasteiger partial charge on any atom is 0.0414 e. The molecule has 2 aliphatic rings. The number of fused-ring (bicyclic) bond motifs is 1. The second-order valence-electron chi connectivity index (χ2n) is 6.15. The SMILES string of the molecule is CN=C1C[C@@H](N2CCCc3ccccc32)CC/C1=C(\C)N. The fourth-order valence-electron chi connectivity index (χ4n) is 3.76. The molecular weight excluding hydrogens is 258 g/mol. The zero-order valence-electron chi connectivity index (χ0n) is 13.1. The highest BCUT2D eigenvalue weighted by Crippen LogP contribution is 2.34. The van der Waals surface area contributed by atoms with Crippen molar-refractivity contribution in [2.24, 2.45) is 10.7 Å². The van der Waals surface area contributed by atoms with Crippen LogP contribution in [0.15, 0.2) is 40.5 Å². The third-order valence-corrected chi connectivity index (χ3v) is 4.84. The average Bonchev–Trinajstić information content (AvgIpc) is 2.53. The van der Waals surface area contributed by atoms with Gasteiger partial charge in [0.25, 0.3) is 0 Å². The summed E-state index contributed by atoms with van der Waals surface area (Å²) in [6.45, 7) is 3.16. The van der Waals surface area contributed by atoms with Crippen LogP contribution in [0.1, 0.15) is 38.2 Å². The van der Waals surface area contributed by atoms with Crippen molar-refractivity contribution in [3.63, 3.8) is 0 Å². The van der Waals surface area contributed by atoms with Gasteiger partial charge in [0.2, 0.25) is 0 Å². The second kappa shape index (κ2) is 5.92. The van der Waals surface area contributed by atoms with Crippen molar-refractivity contribution in [2.75, 3.05) is 18.5 Å². The van der Waals surface area contributed by atoms with Gasteiger partial charge in [-0.15, -0.1) is 0 Å². The molecule has 112 valence electrons. The number of allylic oxidation sites excluding steroid dienone is 2. The summed E-state index contributed by atoms with van der Waals surface area (Å²) < 4.78 is 0. The molecule has 1 aromatic carbocycles. The Labute approximate surface area is 127 Å². The van der Waals surface area contributed by atoms with Crippen molar-refractivity contribution in [3.8, 4) is 0 Å². The van der Waals surface area contributed by atoms with Gasteiger partial charge < -0.3 is 10.6 Å². The number of aliphatic imine (C=N–C) groups is 1. The summed E-state index contributed by atoms with van der Waals surface area (Å²) in [5.74, 6) is 0. The number of hydrogen-bond acceptors (Lipinski definition) is 3. The van der Waals surface area contributed by atoms with Gasteiger partial charge in [0.15, 0.2) is 0 Å². The number of benzene rings is 1. The molecule has 1 heterocycles. The van der Waals surface area contributed by atoms with Crippen molar-refractivity contribution in [2.45, 2.75) is 45.1 Å². The lowest BCUT2D eigenvalue weighted by molar-refractivity contribution is 0.525. The molecule has 1 atom stereocenters. The number of rotatable bonds is 1.